The molecule has 3 N–H and O–H groups in total. The molecule has 0 aliphatic heterocycles. The smallest absolute Gasteiger partial charge is 0.406 e. The number of rotatable bonds is 10. The molecule has 0 radical (unpaired) electrons. The molecular formula is C22H22F4N6O6S. The lowest BCUT2D eigenvalue weighted by Gasteiger charge is -2.17. The molecule has 0 saturated heterocycles. The van der Waals surface area contributed by atoms with Crippen molar-refractivity contribution in [2.75, 3.05) is 12.4 Å². The third-order valence-corrected chi connectivity index (χ3v) is 6.71. The van der Waals surface area contributed by atoms with Crippen molar-refractivity contribution in [1.82, 2.24) is 24.5 Å². The first-order valence-corrected chi connectivity index (χ1v) is 12.7. The number of aliphatic hydroxyl groups excluding tert-OH is 1. The molecule has 2 heterocycles. The van der Waals surface area contributed by atoms with Crippen molar-refractivity contribution in [3.8, 4) is 5.75 Å². The predicted octanol–water partition coefficient (Wildman–Crippen LogP) is 1.58. The highest BCUT2D eigenvalue weighted by molar-refractivity contribution is 7.84. The van der Waals surface area contributed by atoms with E-state index in [-0.39, 0.29) is 30.0 Å². The van der Waals surface area contributed by atoms with Crippen LogP contribution < -0.4 is 14.8 Å². The van der Waals surface area contributed by atoms with Gasteiger partial charge in [0.2, 0.25) is 5.78 Å². The summed E-state index contributed by atoms with van der Waals surface area (Å²) in [6, 6.07) is 5.50. The van der Waals surface area contributed by atoms with Gasteiger partial charge >= 0.3 is 16.7 Å². The zero-order valence-electron chi connectivity index (χ0n) is 20.0. The minimum absolute atomic E-state index is 0.0269. The number of halogens is 4. The van der Waals surface area contributed by atoms with Gasteiger partial charge in [-0.2, -0.15) is 18.2 Å². The Hall–Kier alpha value is -3.67. The van der Waals surface area contributed by atoms with Crippen LogP contribution in [0.3, 0.4) is 0 Å². The average molecular weight is 575 g/mol. The topological polar surface area (TPSA) is 158 Å². The van der Waals surface area contributed by atoms with Gasteiger partial charge in [0.1, 0.15) is 42.0 Å². The lowest BCUT2D eigenvalue weighted by molar-refractivity contribution is -0.274. The quantitative estimate of drug-likeness (QED) is 0.240. The van der Waals surface area contributed by atoms with Gasteiger partial charge in [-0.25, -0.2) is 14.4 Å². The average Bonchev–Trinajstić information content (AvgIpc) is 3.43. The van der Waals surface area contributed by atoms with Crippen LogP contribution in [0, 0.1) is 0 Å². The van der Waals surface area contributed by atoms with Gasteiger partial charge in [-0.15, -0.1) is 13.2 Å². The Bertz CT molecular complexity index is 1440. The number of aromatic nitrogens is 4. The van der Waals surface area contributed by atoms with Crippen molar-refractivity contribution >= 4 is 21.9 Å². The number of benzene rings is 1. The van der Waals surface area contributed by atoms with E-state index in [2.05, 4.69) is 25.1 Å². The van der Waals surface area contributed by atoms with Crippen molar-refractivity contribution in [2.45, 2.75) is 43.7 Å². The molecule has 1 aromatic carbocycles. The van der Waals surface area contributed by atoms with E-state index >= 15 is 0 Å². The lowest BCUT2D eigenvalue weighted by atomic mass is 10.1. The van der Waals surface area contributed by atoms with Crippen molar-refractivity contribution < 1.29 is 44.8 Å². The molecule has 0 amide bonds. The lowest BCUT2D eigenvalue weighted by Crippen LogP contribution is -2.35. The van der Waals surface area contributed by atoms with Crippen molar-refractivity contribution in [3.05, 3.63) is 65.9 Å². The van der Waals surface area contributed by atoms with Gasteiger partial charge in [0, 0.05) is 25.9 Å². The number of carbonyl (C=O) groups is 1. The van der Waals surface area contributed by atoms with Crippen LogP contribution in [-0.2, 0) is 21.0 Å². The Morgan fingerprint density at radius 1 is 1.28 bits per heavy atom. The molecule has 4 atom stereocenters. The second-order valence-corrected chi connectivity index (χ2v) is 9.93. The number of anilines is 1. The van der Waals surface area contributed by atoms with Crippen LogP contribution in [0.5, 0.6) is 5.75 Å². The standard InChI is InChI=1S/C22H22F4N6O6S/c1-27-39(35,36)38-17-8-16(18(23)20(17)34)30-21-14(9-28-11-29-21)19(33)15-5-6-32(31-15)10-12-3-2-4-13(7-12)37-22(24,25)26/h2-7,9,11,16-18,20,27,34H,8,10H2,1H3,(H,28,29,30)/t16-,17-,18-,20-/m1/s1. The molecule has 0 bridgehead atoms. The van der Waals surface area contributed by atoms with Gasteiger partial charge in [-0.05, 0) is 23.8 Å². The highest BCUT2D eigenvalue weighted by Crippen LogP contribution is 2.30. The molecule has 1 saturated carbocycles. The minimum atomic E-state index is -4.84. The summed E-state index contributed by atoms with van der Waals surface area (Å²) < 4.78 is 87.5. The monoisotopic (exact) mass is 574 g/mol. The Morgan fingerprint density at radius 3 is 2.77 bits per heavy atom. The number of carbonyl (C=O) groups excluding carboxylic acids is 1. The van der Waals surface area contributed by atoms with Gasteiger partial charge in [0.25, 0.3) is 0 Å². The molecule has 2 aromatic heterocycles. The third-order valence-electron chi connectivity index (χ3n) is 5.71. The number of nitrogens with zero attached hydrogens (tertiary/aromatic N) is 4. The van der Waals surface area contributed by atoms with Crippen molar-refractivity contribution in [3.63, 3.8) is 0 Å². The van der Waals surface area contributed by atoms with Crippen LogP contribution in [0.25, 0.3) is 0 Å². The first-order chi connectivity index (χ1) is 18.3. The first kappa shape index (κ1) is 28.3. The molecule has 1 aliphatic carbocycles. The van der Waals surface area contributed by atoms with Crippen LogP contribution in [0.15, 0.2) is 49.1 Å². The number of aliphatic hydroxyl groups is 1. The zero-order valence-corrected chi connectivity index (χ0v) is 20.9. The highest BCUT2D eigenvalue weighted by Gasteiger charge is 2.46. The summed E-state index contributed by atoms with van der Waals surface area (Å²) in [4.78, 5) is 21.0. The second kappa shape index (κ2) is 11.2. The molecule has 39 heavy (non-hydrogen) atoms. The Morgan fingerprint density at radius 2 is 2.05 bits per heavy atom. The van der Waals surface area contributed by atoms with E-state index in [1.165, 1.54) is 35.3 Å². The largest absolute Gasteiger partial charge is 0.573 e. The predicted molar refractivity (Wildman–Crippen MR) is 126 cm³/mol. The van der Waals surface area contributed by atoms with E-state index in [4.69, 9.17) is 4.18 Å². The molecular weight excluding hydrogens is 552 g/mol. The summed E-state index contributed by atoms with van der Waals surface area (Å²) in [5, 5.41) is 17.0. The number of ether oxygens (including phenoxy) is 1. The van der Waals surface area contributed by atoms with E-state index in [9.17, 15) is 35.9 Å². The van der Waals surface area contributed by atoms with Gasteiger partial charge in [-0.1, -0.05) is 12.1 Å². The highest BCUT2D eigenvalue weighted by atomic mass is 32.2. The molecule has 4 rings (SSSR count). The Balaban J connectivity index is 1.47. The summed E-state index contributed by atoms with van der Waals surface area (Å²) in [6.07, 6.45) is -6.48. The molecule has 0 spiro atoms. The van der Waals surface area contributed by atoms with Crippen LogP contribution in [0.4, 0.5) is 23.4 Å². The van der Waals surface area contributed by atoms with Crippen molar-refractivity contribution in [2.24, 2.45) is 0 Å². The molecule has 1 aliphatic rings. The van der Waals surface area contributed by atoms with E-state index in [1.807, 2.05) is 4.72 Å². The van der Waals surface area contributed by atoms with Crippen LogP contribution >= 0.6 is 0 Å². The number of alkyl halides is 4. The molecule has 12 nitrogen and oxygen atoms in total. The second-order valence-electron chi connectivity index (χ2n) is 8.42. The fraction of sp³-hybridized carbons (Fsp3) is 0.364. The Labute approximate surface area is 219 Å². The van der Waals surface area contributed by atoms with Crippen molar-refractivity contribution in [1.29, 1.82) is 0 Å². The Kier molecular flexibility index (Phi) is 8.15. The van der Waals surface area contributed by atoms with E-state index < -0.39 is 52.6 Å². The normalized spacial score (nSPS) is 21.6. The summed E-state index contributed by atoms with van der Waals surface area (Å²) in [5.74, 6) is -1.14. The maximum atomic E-state index is 14.8. The van der Waals surface area contributed by atoms with Gasteiger partial charge < -0.3 is 15.2 Å². The number of hydrogen-bond acceptors (Lipinski definition) is 10. The maximum absolute atomic E-state index is 14.8. The fourth-order valence-electron chi connectivity index (χ4n) is 3.93. The number of ketones is 1. The van der Waals surface area contributed by atoms with E-state index in [0.29, 0.717) is 5.56 Å². The van der Waals surface area contributed by atoms with Gasteiger partial charge in [0.05, 0.1) is 18.2 Å². The molecule has 17 heteroatoms. The first-order valence-electron chi connectivity index (χ1n) is 11.3. The number of hydrogen-bond donors (Lipinski definition) is 3. The molecule has 3 aromatic rings. The fourth-order valence-corrected chi connectivity index (χ4v) is 4.55. The van der Waals surface area contributed by atoms with Gasteiger partial charge in [-0.3, -0.25) is 13.7 Å². The minimum Gasteiger partial charge on any atom is -0.406 e. The van der Waals surface area contributed by atoms with E-state index in [1.54, 1.807) is 6.07 Å². The van der Waals surface area contributed by atoms with Gasteiger partial charge in [0.15, 0.2) is 0 Å². The van der Waals surface area contributed by atoms with Crippen LogP contribution in [0.2, 0.25) is 0 Å². The molecule has 0 unspecified atom stereocenters. The molecule has 210 valence electrons. The number of nitrogens with one attached hydrogen (secondary N) is 2. The van der Waals surface area contributed by atoms with E-state index in [0.717, 1.165) is 19.4 Å². The summed E-state index contributed by atoms with van der Waals surface area (Å²) >= 11 is 0. The third kappa shape index (κ3) is 7.05. The zero-order chi connectivity index (χ0) is 28.4. The molecule has 1 fully saturated rings. The summed E-state index contributed by atoms with van der Waals surface area (Å²) in [5.41, 5.74) is 0.285. The van der Waals surface area contributed by atoms with Crippen LogP contribution in [-0.4, -0.2) is 76.9 Å². The SMILES string of the molecule is CNS(=O)(=O)O[C@@H]1C[C@@H](Nc2ncncc2C(=O)c2ccn(Cc3cccc(OC(F)(F)F)c3)n2)[C@@H](F)[C@@H]1O. The van der Waals surface area contributed by atoms with Crippen LogP contribution in [0.1, 0.15) is 28.0 Å². The maximum Gasteiger partial charge on any atom is 0.573 e. The summed E-state index contributed by atoms with van der Waals surface area (Å²) in [7, 11) is -3.10. The summed E-state index contributed by atoms with van der Waals surface area (Å²) in [6.45, 7) is 0.0269.